The molecule has 0 saturated heterocycles. The molecule has 0 fully saturated rings. The number of Topliss-reactive ketones (excluding diaryl/α,β-unsaturated/α-hetero) is 1. The second-order valence-corrected chi connectivity index (χ2v) is 10.9. The molecule has 0 bridgehead atoms. The van der Waals surface area contributed by atoms with Crippen LogP contribution in [0.15, 0.2) is 91.0 Å². The number of hydrogen-bond donors (Lipinski definition) is 1. The highest BCUT2D eigenvalue weighted by Crippen LogP contribution is 2.47. The minimum atomic E-state index is -3.85. The number of esters is 2. The summed E-state index contributed by atoms with van der Waals surface area (Å²) in [4.78, 5) is 39.4. The lowest BCUT2D eigenvalue weighted by atomic mass is 10.0. The van der Waals surface area contributed by atoms with Crippen molar-refractivity contribution in [3.8, 4) is 0 Å². The van der Waals surface area contributed by atoms with Gasteiger partial charge in [-0.05, 0) is 29.8 Å². The Kier molecular flexibility index (Phi) is 11.7. The normalized spacial score (nSPS) is 13.6. The van der Waals surface area contributed by atoms with Gasteiger partial charge in [0.05, 0.1) is 23.9 Å². The molecule has 0 aliphatic rings. The minimum Gasteiger partial charge on any atom is -0.451 e. The Hall–Kier alpha value is -3.66. The minimum absolute atomic E-state index is 0.0749. The van der Waals surface area contributed by atoms with Gasteiger partial charge < -0.3 is 28.4 Å². The van der Waals surface area contributed by atoms with Gasteiger partial charge in [0.25, 0.3) is 0 Å². The second-order valence-electron chi connectivity index (χ2n) is 8.60. The van der Waals surface area contributed by atoms with Crippen molar-refractivity contribution in [1.29, 1.82) is 0 Å². The molecule has 3 unspecified atom stereocenters. The quantitative estimate of drug-likeness (QED) is 0.210. The molecule has 3 atom stereocenters. The molecule has 3 aromatic carbocycles. The number of aliphatic hydroxyl groups excluding tert-OH is 1. The standard InChI is InChI=1S/C29H31O10P/c1-35-40(34,36-2)20-25(31)27(39-29(33)23-16-10-5-11-17-23)26(38-28(32)22-14-8-4-9-15-22)24(30)19-37-18-21-12-6-3-7-13-21/h3-17,25-27,31H,18-20H2,1-2H3. The molecule has 11 heteroatoms. The number of carbonyl (C=O) groups is 3. The molecule has 1 N–H and O–H groups in total. The molecule has 0 saturated carbocycles. The Bertz CT molecular complexity index is 1280. The third-order valence-electron chi connectivity index (χ3n) is 5.81. The van der Waals surface area contributed by atoms with E-state index >= 15 is 0 Å². The monoisotopic (exact) mass is 570 g/mol. The van der Waals surface area contributed by atoms with Gasteiger partial charge in [-0.25, -0.2) is 9.59 Å². The van der Waals surface area contributed by atoms with Crippen LogP contribution in [0.4, 0.5) is 0 Å². The van der Waals surface area contributed by atoms with Gasteiger partial charge >= 0.3 is 19.5 Å². The van der Waals surface area contributed by atoms with Crippen molar-refractivity contribution in [2.75, 3.05) is 27.0 Å². The van der Waals surface area contributed by atoms with Crippen LogP contribution in [0.3, 0.4) is 0 Å². The van der Waals surface area contributed by atoms with Crippen LogP contribution < -0.4 is 0 Å². The van der Waals surface area contributed by atoms with Crippen LogP contribution >= 0.6 is 7.60 Å². The first-order valence-electron chi connectivity index (χ1n) is 12.3. The Morgan fingerprint density at radius 3 is 1.73 bits per heavy atom. The average Bonchev–Trinajstić information content (AvgIpc) is 2.99. The van der Waals surface area contributed by atoms with Crippen molar-refractivity contribution in [3.05, 3.63) is 108 Å². The Morgan fingerprint density at radius 2 is 1.23 bits per heavy atom. The van der Waals surface area contributed by atoms with Gasteiger partial charge in [0.2, 0.25) is 11.9 Å². The van der Waals surface area contributed by atoms with E-state index in [1.54, 1.807) is 48.5 Å². The Balaban J connectivity index is 1.92. The number of ketones is 1. The van der Waals surface area contributed by atoms with Crippen LogP contribution in [-0.2, 0) is 39.2 Å². The van der Waals surface area contributed by atoms with Crippen LogP contribution in [0.5, 0.6) is 0 Å². The van der Waals surface area contributed by atoms with Crippen LogP contribution in [0, 0.1) is 0 Å². The first kappa shape index (κ1) is 30.9. The van der Waals surface area contributed by atoms with E-state index in [0.717, 1.165) is 19.8 Å². The molecule has 3 aromatic rings. The zero-order valence-electron chi connectivity index (χ0n) is 22.1. The zero-order chi connectivity index (χ0) is 29.0. The smallest absolute Gasteiger partial charge is 0.338 e. The van der Waals surface area contributed by atoms with E-state index in [2.05, 4.69) is 0 Å². The number of aliphatic hydroxyl groups is 1. The molecule has 10 nitrogen and oxygen atoms in total. The number of carbonyl (C=O) groups excluding carboxylic acids is 3. The molecule has 0 amide bonds. The fourth-order valence-electron chi connectivity index (χ4n) is 3.66. The van der Waals surface area contributed by atoms with E-state index in [1.807, 2.05) is 18.2 Å². The molecule has 0 aliphatic carbocycles. The maximum Gasteiger partial charge on any atom is 0.338 e. The van der Waals surface area contributed by atoms with E-state index in [-0.39, 0.29) is 17.7 Å². The fraction of sp³-hybridized carbons (Fsp3) is 0.276. The van der Waals surface area contributed by atoms with Crippen LogP contribution in [-0.4, -0.2) is 68.1 Å². The second kappa shape index (κ2) is 15.2. The lowest BCUT2D eigenvalue weighted by Gasteiger charge is -2.30. The SMILES string of the molecule is COP(=O)(CC(O)C(OC(=O)c1ccccc1)C(OC(=O)c1ccccc1)C(=O)COCc1ccccc1)OC. The highest BCUT2D eigenvalue weighted by Gasteiger charge is 2.43. The molecule has 40 heavy (non-hydrogen) atoms. The highest BCUT2D eigenvalue weighted by molar-refractivity contribution is 7.53. The van der Waals surface area contributed by atoms with Crippen molar-refractivity contribution in [2.45, 2.75) is 24.9 Å². The van der Waals surface area contributed by atoms with Gasteiger partial charge in [0.15, 0.2) is 6.10 Å². The summed E-state index contributed by atoms with van der Waals surface area (Å²) in [7, 11) is -1.61. The molecule has 0 spiro atoms. The summed E-state index contributed by atoms with van der Waals surface area (Å²) >= 11 is 0. The maximum absolute atomic E-state index is 13.4. The van der Waals surface area contributed by atoms with Gasteiger partial charge in [-0.3, -0.25) is 9.36 Å². The van der Waals surface area contributed by atoms with E-state index in [4.69, 9.17) is 23.3 Å². The van der Waals surface area contributed by atoms with Crippen molar-refractivity contribution < 1.29 is 47.3 Å². The summed E-state index contributed by atoms with van der Waals surface area (Å²) in [5.41, 5.74) is 1.02. The Morgan fingerprint density at radius 1 is 0.750 bits per heavy atom. The summed E-state index contributed by atoms with van der Waals surface area (Å²) in [6.45, 7) is -0.467. The summed E-state index contributed by atoms with van der Waals surface area (Å²) in [5.74, 6) is -2.61. The fourth-order valence-corrected chi connectivity index (χ4v) is 4.78. The molecule has 0 heterocycles. The van der Waals surface area contributed by atoms with Gasteiger partial charge in [-0.15, -0.1) is 0 Å². The summed E-state index contributed by atoms with van der Waals surface area (Å²) in [5, 5.41) is 11.1. The van der Waals surface area contributed by atoms with Crippen LogP contribution in [0.2, 0.25) is 0 Å². The molecule has 212 valence electrons. The van der Waals surface area contributed by atoms with E-state index in [9.17, 15) is 24.1 Å². The molecular weight excluding hydrogens is 539 g/mol. The highest BCUT2D eigenvalue weighted by atomic mass is 31.2. The number of benzene rings is 3. The lowest BCUT2D eigenvalue weighted by molar-refractivity contribution is -0.144. The third kappa shape index (κ3) is 8.94. The summed E-state index contributed by atoms with van der Waals surface area (Å²) in [6, 6.07) is 24.7. The van der Waals surface area contributed by atoms with Crippen LogP contribution in [0.25, 0.3) is 0 Å². The van der Waals surface area contributed by atoms with Crippen LogP contribution in [0.1, 0.15) is 26.3 Å². The van der Waals surface area contributed by atoms with E-state index < -0.39 is 56.4 Å². The van der Waals surface area contributed by atoms with E-state index in [0.29, 0.717) is 0 Å². The number of hydrogen-bond acceptors (Lipinski definition) is 10. The zero-order valence-corrected chi connectivity index (χ0v) is 23.0. The average molecular weight is 571 g/mol. The Labute approximate surface area is 232 Å². The lowest BCUT2D eigenvalue weighted by Crippen LogP contribution is -2.50. The first-order valence-corrected chi connectivity index (χ1v) is 14.0. The van der Waals surface area contributed by atoms with Gasteiger partial charge in [-0.2, -0.15) is 0 Å². The van der Waals surface area contributed by atoms with Crippen molar-refractivity contribution in [2.24, 2.45) is 0 Å². The molecular formula is C29H31O10P. The maximum atomic E-state index is 13.4. The van der Waals surface area contributed by atoms with Gasteiger partial charge in [0.1, 0.15) is 12.7 Å². The van der Waals surface area contributed by atoms with Crippen molar-refractivity contribution in [3.63, 3.8) is 0 Å². The number of rotatable bonds is 15. The predicted octanol–water partition coefficient (Wildman–Crippen LogP) is 4.07. The van der Waals surface area contributed by atoms with Crippen molar-refractivity contribution in [1.82, 2.24) is 0 Å². The van der Waals surface area contributed by atoms with Gasteiger partial charge in [0, 0.05) is 14.2 Å². The summed E-state index contributed by atoms with van der Waals surface area (Å²) in [6.07, 6.45) is -6.07. The molecule has 0 radical (unpaired) electrons. The van der Waals surface area contributed by atoms with E-state index in [1.165, 1.54) is 24.3 Å². The topological polar surface area (TPSA) is 135 Å². The summed E-state index contributed by atoms with van der Waals surface area (Å²) < 4.78 is 39.3. The molecule has 0 aromatic heterocycles. The number of ether oxygens (including phenoxy) is 3. The van der Waals surface area contributed by atoms with Crippen molar-refractivity contribution >= 4 is 25.3 Å². The third-order valence-corrected chi connectivity index (χ3v) is 7.75. The molecule has 3 rings (SSSR count). The van der Waals surface area contributed by atoms with Gasteiger partial charge in [-0.1, -0.05) is 66.7 Å². The first-order chi connectivity index (χ1) is 19.3. The molecule has 0 aliphatic heterocycles. The largest absolute Gasteiger partial charge is 0.451 e. The predicted molar refractivity (Wildman–Crippen MR) is 145 cm³/mol.